The molecule has 1 heterocycles. The molecule has 0 aliphatic carbocycles. The van der Waals surface area contributed by atoms with E-state index in [1.165, 1.54) is 22.8 Å². The van der Waals surface area contributed by atoms with E-state index in [0.29, 0.717) is 11.4 Å². The molecule has 0 saturated carbocycles. The molecule has 0 saturated heterocycles. The maximum atomic E-state index is 13.8. The average molecular weight is 307 g/mol. The molecule has 0 radical (unpaired) electrons. The third kappa shape index (κ3) is 3.58. The smallest absolute Gasteiger partial charge is 0.149 e. The Morgan fingerprint density at radius 1 is 0.957 bits per heavy atom. The third-order valence-electron chi connectivity index (χ3n) is 4.37. The molecule has 23 heavy (non-hydrogen) atoms. The molecule has 2 heteroatoms. The van der Waals surface area contributed by atoms with Gasteiger partial charge in [0.05, 0.1) is 0 Å². The van der Waals surface area contributed by atoms with Gasteiger partial charge in [-0.05, 0) is 54.0 Å². The normalized spacial score (nSPS) is 11.3. The summed E-state index contributed by atoms with van der Waals surface area (Å²) >= 11 is 0. The molecule has 3 aromatic rings. The van der Waals surface area contributed by atoms with E-state index in [2.05, 4.69) is 43.1 Å². The first-order valence-electron chi connectivity index (χ1n) is 8.26. The number of pyridine rings is 1. The Hall–Kier alpha value is -2.22. The zero-order valence-corrected chi connectivity index (χ0v) is 13.7. The molecule has 2 aromatic carbocycles. The highest BCUT2D eigenvalue weighted by Gasteiger charge is 2.06. The lowest BCUT2D eigenvalue weighted by Crippen LogP contribution is -1.94. The molecule has 3 rings (SSSR count). The van der Waals surface area contributed by atoms with E-state index < -0.39 is 0 Å². The predicted octanol–water partition coefficient (Wildman–Crippen LogP) is 5.67. The van der Waals surface area contributed by atoms with Crippen LogP contribution in [0.2, 0.25) is 0 Å². The number of hydrogen-bond donors (Lipinski definition) is 0. The van der Waals surface area contributed by atoms with Crippen molar-refractivity contribution < 1.29 is 4.39 Å². The fourth-order valence-electron chi connectivity index (χ4n) is 2.97. The number of hydrogen-bond acceptors (Lipinski definition) is 1. The first-order valence-corrected chi connectivity index (χ1v) is 8.26. The fourth-order valence-corrected chi connectivity index (χ4v) is 2.97. The number of aromatic nitrogens is 1. The molecule has 118 valence electrons. The minimum absolute atomic E-state index is 0.242. The van der Waals surface area contributed by atoms with Crippen LogP contribution in [0, 0.1) is 5.82 Å². The number of halogens is 1. The number of aryl methyl sites for hydroxylation is 2. The van der Waals surface area contributed by atoms with Crippen LogP contribution in [-0.4, -0.2) is 4.98 Å². The summed E-state index contributed by atoms with van der Waals surface area (Å²) in [6, 6.07) is 16.1. The van der Waals surface area contributed by atoms with Gasteiger partial charge >= 0.3 is 0 Å². The largest absolute Gasteiger partial charge is 0.253 e. The molecule has 0 amide bonds. The Bertz CT molecular complexity index is 791. The van der Waals surface area contributed by atoms with E-state index in [1.807, 2.05) is 12.1 Å². The first kappa shape index (κ1) is 15.7. The minimum Gasteiger partial charge on any atom is -0.253 e. The standard InChI is InChI=1S/C21H22FN/c1-15(2)17-11-9-16(10-12-17)5-3-6-18-13-14-23-21-19(18)7-4-8-20(21)22/h4,7-15H,3,5-6H2,1-2H3. The Kier molecular flexibility index (Phi) is 4.71. The Labute approximate surface area is 137 Å². The quantitative estimate of drug-likeness (QED) is 0.591. The molecule has 1 nitrogen and oxygen atoms in total. The number of para-hydroxylation sites is 1. The summed E-state index contributed by atoms with van der Waals surface area (Å²) in [5, 5.41) is 0.933. The highest BCUT2D eigenvalue weighted by Crippen LogP contribution is 2.21. The van der Waals surface area contributed by atoms with Crippen molar-refractivity contribution in [1.29, 1.82) is 0 Å². The Balaban J connectivity index is 1.68. The van der Waals surface area contributed by atoms with Gasteiger partial charge in [0, 0.05) is 11.6 Å². The second kappa shape index (κ2) is 6.91. The summed E-state index contributed by atoms with van der Waals surface area (Å²) in [5.41, 5.74) is 4.39. The maximum Gasteiger partial charge on any atom is 0.149 e. The van der Waals surface area contributed by atoms with E-state index >= 15 is 0 Å². The number of rotatable bonds is 5. The van der Waals surface area contributed by atoms with Crippen LogP contribution in [-0.2, 0) is 12.8 Å². The lowest BCUT2D eigenvalue weighted by atomic mass is 9.98. The van der Waals surface area contributed by atoms with Crippen LogP contribution in [0.3, 0.4) is 0 Å². The van der Waals surface area contributed by atoms with Gasteiger partial charge in [-0.1, -0.05) is 50.2 Å². The molecule has 0 atom stereocenters. The molecular formula is C21H22FN. The second-order valence-corrected chi connectivity index (χ2v) is 6.36. The van der Waals surface area contributed by atoms with Crippen molar-refractivity contribution in [3.63, 3.8) is 0 Å². The average Bonchev–Trinajstić information content (AvgIpc) is 2.56. The van der Waals surface area contributed by atoms with Crippen molar-refractivity contribution in [1.82, 2.24) is 4.98 Å². The Morgan fingerprint density at radius 2 is 1.74 bits per heavy atom. The van der Waals surface area contributed by atoms with E-state index in [0.717, 1.165) is 24.6 Å². The molecule has 0 bridgehead atoms. The van der Waals surface area contributed by atoms with Crippen molar-refractivity contribution in [2.75, 3.05) is 0 Å². The molecule has 1 aromatic heterocycles. The number of fused-ring (bicyclic) bond motifs is 1. The van der Waals surface area contributed by atoms with Gasteiger partial charge in [0.15, 0.2) is 0 Å². The molecule has 0 spiro atoms. The van der Waals surface area contributed by atoms with Crippen LogP contribution >= 0.6 is 0 Å². The summed E-state index contributed by atoms with van der Waals surface area (Å²) in [6.45, 7) is 4.42. The van der Waals surface area contributed by atoms with Crippen LogP contribution in [0.25, 0.3) is 10.9 Å². The zero-order chi connectivity index (χ0) is 16.2. The van der Waals surface area contributed by atoms with E-state index in [-0.39, 0.29) is 5.82 Å². The summed E-state index contributed by atoms with van der Waals surface area (Å²) in [5.74, 6) is 0.329. The van der Waals surface area contributed by atoms with Gasteiger partial charge in [-0.15, -0.1) is 0 Å². The molecular weight excluding hydrogens is 285 g/mol. The SMILES string of the molecule is CC(C)c1ccc(CCCc2ccnc3c(F)cccc23)cc1. The predicted molar refractivity (Wildman–Crippen MR) is 94.3 cm³/mol. The van der Waals surface area contributed by atoms with Gasteiger partial charge in [-0.2, -0.15) is 0 Å². The van der Waals surface area contributed by atoms with Crippen LogP contribution < -0.4 is 0 Å². The lowest BCUT2D eigenvalue weighted by Gasteiger charge is -2.08. The summed E-state index contributed by atoms with van der Waals surface area (Å²) in [6.07, 6.45) is 4.74. The van der Waals surface area contributed by atoms with Gasteiger partial charge in [0.25, 0.3) is 0 Å². The topological polar surface area (TPSA) is 12.9 Å². The van der Waals surface area contributed by atoms with Gasteiger partial charge in [-0.3, -0.25) is 4.98 Å². The molecule has 0 fully saturated rings. The van der Waals surface area contributed by atoms with E-state index in [1.54, 1.807) is 12.3 Å². The lowest BCUT2D eigenvalue weighted by molar-refractivity contribution is 0.636. The minimum atomic E-state index is -0.242. The van der Waals surface area contributed by atoms with Crippen molar-refractivity contribution in [2.45, 2.75) is 39.0 Å². The highest BCUT2D eigenvalue weighted by molar-refractivity contribution is 5.82. The third-order valence-corrected chi connectivity index (χ3v) is 4.37. The van der Waals surface area contributed by atoms with E-state index in [4.69, 9.17) is 0 Å². The van der Waals surface area contributed by atoms with Crippen LogP contribution in [0.5, 0.6) is 0 Å². The summed E-state index contributed by atoms with van der Waals surface area (Å²) < 4.78 is 13.8. The molecule has 0 N–H and O–H groups in total. The van der Waals surface area contributed by atoms with Crippen molar-refractivity contribution >= 4 is 10.9 Å². The summed E-state index contributed by atoms with van der Waals surface area (Å²) in [7, 11) is 0. The maximum absolute atomic E-state index is 13.8. The van der Waals surface area contributed by atoms with Crippen LogP contribution in [0.15, 0.2) is 54.7 Å². The Morgan fingerprint density at radius 3 is 2.48 bits per heavy atom. The zero-order valence-electron chi connectivity index (χ0n) is 13.7. The van der Waals surface area contributed by atoms with Gasteiger partial charge < -0.3 is 0 Å². The van der Waals surface area contributed by atoms with Gasteiger partial charge in [0.1, 0.15) is 11.3 Å². The fraction of sp³-hybridized carbons (Fsp3) is 0.286. The van der Waals surface area contributed by atoms with Crippen molar-refractivity contribution in [3.05, 3.63) is 77.2 Å². The first-order chi connectivity index (χ1) is 11.1. The van der Waals surface area contributed by atoms with Crippen molar-refractivity contribution in [3.8, 4) is 0 Å². The van der Waals surface area contributed by atoms with Crippen LogP contribution in [0.1, 0.15) is 42.9 Å². The number of benzene rings is 2. The molecule has 0 unspecified atom stereocenters. The monoisotopic (exact) mass is 307 g/mol. The number of nitrogens with zero attached hydrogens (tertiary/aromatic N) is 1. The molecule has 0 aliphatic rings. The van der Waals surface area contributed by atoms with Gasteiger partial charge in [-0.25, -0.2) is 4.39 Å². The summed E-state index contributed by atoms with van der Waals surface area (Å²) in [4.78, 5) is 4.16. The molecule has 0 aliphatic heterocycles. The van der Waals surface area contributed by atoms with Crippen LogP contribution in [0.4, 0.5) is 4.39 Å². The van der Waals surface area contributed by atoms with E-state index in [9.17, 15) is 4.39 Å². The highest BCUT2D eigenvalue weighted by atomic mass is 19.1. The second-order valence-electron chi connectivity index (χ2n) is 6.36. The van der Waals surface area contributed by atoms with Crippen molar-refractivity contribution in [2.24, 2.45) is 0 Å². The van der Waals surface area contributed by atoms with Gasteiger partial charge in [0.2, 0.25) is 0 Å².